The van der Waals surface area contributed by atoms with Gasteiger partial charge in [0, 0.05) is 24.3 Å². The van der Waals surface area contributed by atoms with Crippen molar-refractivity contribution in [2.75, 3.05) is 32.0 Å². The molecule has 0 aliphatic carbocycles. The molecule has 1 aliphatic heterocycles. The van der Waals surface area contributed by atoms with Gasteiger partial charge < -0.3 is 20.1 Å². The van der Waals surface area contributed by atoms with Gasteiger partial charge in [-0.05, 0) is 24.3 Å². The van der Waals surface area contributed by atoms with E-state index in [4.69, 9.17) is 15.2 Å². The number of amides is 1. The predicted molar refractivity (Wildman–Crippen MR) is 92.9 cm³/mol. The summed E-state index contributed by atoms with van der Waals surface area (Å²) in [7, 11) is 0. The fourth-order valence-electron chi connectivity index (χ4n) is 2.63. The number of nitrogens with zero attached hydrogens (tertiary/aromatic N) is 1. The van der Waals surface area contributed by atoms with Gasteiger partial charge in [0.2, 0.25) is 6.10 Å². The molecule has 130 valence electrons. The van der Waals surface area contributed by atoms with Crippen molar-refractivity contribution in [2.24, 2.45) is 0 Å². The normalized spacial score (nSPS) is 15.4. The van der Waals surface area contributed by atoms with Gasteiger partial charge in [0.15, 0.2) is 0 Å². The summed E-state index contributed by atoms with van der Waals surface area (Å²) in [6.45, 7) is 1.95. The molecule has 6 nitrogen and oxygen atoms in total. The number of rotatable bonds is 4. The molecule has 1 fully saturated rings. The number of hydrogen-bond acceptors (Lipinski definition) is 5. The highest BCUT2D eigenvalue weighted by Crippen LogP contribution is 2.23. The van der Waals surface area contributed by atoms with Gasteiger partial charge >= 0.3 is 5.97 Å². The molecule has 2 aromatic carbocycles. The summed E-state index contributed by atoms with van der Waals surface area (Å²) in [4.78, 5) is 27.0. The summed E-state index contributed by atoms with van der Waals surface area (Å²) in [5.41, 5.74) is 7.19. The van der Waals surface area contributed by atoms with E-state index >= 15 is 0 Å². The minimum absolute atomic E-state index is 0.238. The molecule has 0 spiro atoms. The van der Waals surface area contributed by atoms with Crippen LogP contribution in [0.4, 0.5) is 5.69 Å². The highest BCUT2D eigenvalue weighted by molar-refractivity contribution is 5.93. The Morgan fingerprint density at radius 2 is 1.64 bits per heavy atom. The number of ether oxygens (including phenoxy) is 2. The Morgan fingerprint density at radius 3 is 2.28 bits per heavy atom. The fraction of sp³-hybridized carbons (Fsp3) is 0.263. The number of carbonyl (C=O) groups excluding carboxylic acids is 2. The van der Waals surface area contributed by atoms with Gasteiger partial charge in [-0.15, -0.1) is 0 Å². The van der Waals surface area contributed by atoms with E-state index in [9.17, 15) is 9.59 Å². The summed E-state index contributed by atoms with van der Waals surface area (Å²) in [6, 6.07) is 15.4. The quantitative estimate of drug-likeness (QED) is 0.680. The third-order valence-electron chi connectivity index (χ3n) is 4.02. The number of nitrogen functional groups attached to an aromatic ring is 1. The van der Waals surface area contributed by atoms with Crippen molar-refractivity contribution in [1.82, 2.24) is 4.90 Å². The van der Waals surface area contributed by atoms with Crippen LogP contribution in [0.15, 0.2) is 54.6 Å². The minimum Gasteiger partial charge on any atom is -0.444 e. The number of carbonyl (C=O) groups is 2. The highest BCUT2D eigenvalue weighted by atomic mass is 16.5. The van der Waals surface area contributed by atoms with Crippen molar-refractivity contribution in [3.05, 3.63) is 65.7 Å². The van der Waals surface area contributed by atoms with Crippen LogP contribution in [0.1, 0.15) is 22.0 Å². The lowest BCUT2D eigenvalue weighted by molar-refractivity contribution is -0.145. The second kappa shape index (κ2) is 7.81. The molecule has 2 aromatic rings. The number of hydrogen-bond donors (Lipinski definition) is 1. The lowest BCUT2D eigenvalue weighted by Gasteiger charge is -2.30. The molecule has 0 aromatic heterocycles. The average Bonchev–Trinajstić information content (AvgIpc) is 2.67. The molecule has 1 aliphatic rings. The molecule has 0 bridgehead atoms. The van der Waals surface area contributed by atoms with E-state index in [-0.39, 0.29) is 5.91 Å². The van der Waals surface area contributed by atoms with E-state index in [2.05, 4.69) is 0 Å². The molecule has 1 heterocycles. The summed E-state index contributed by atoms with van der Waals surface area (Å²) >= 11 is 0. The number of anilines is 1. The largest absolute Gasteiger partial charge is 0.444 e. The van der Waals surface area contributed by atoms with E-state index in [1.807, 2.05) is 18.2 Å². The molecule has 0 saturated carbocycles. The number of benzene rings is 2. The summed E-state index contributed by atoms with van der Waals surface area (Å²) in [5.74, 6) is -0.797. The van der Waals surface area contributed by atoms with Crippen molar-refractivity contribution in [1.29, 1.82) is 0 Å². The monoisotopic (exact) mass is 340 g/mol. The van der Waals surface area contributed by atoms with Crippen molar-refractivity contribution in [3.8, 4) is 0 Å². The molecule has 6 heteroatoms. The van der Waals surface area contributed by atoms with Crippen LogP contribution < -0.4 is 5.73 Å². The van der Waals surface area contributed by atoms with Crippen molar-refractivity contribution < 1.29 is 19.1 Å². The summed E-state index contributed by atoms with van der Waals surface area (Å²) in [6.07, 6.45) is -0.982. The molecule has 1 amide bonds. The molecule has 1 unspecified atom stereocenters. The van der Waals surface area contributed by atoms with Crippen LogP contribution in [0.5, 0.6) is 0 Å². The van der Waals surface area contributed by atoms with Gasteiger partial charge in [-0.3, -0.25) is 4.79 Å². The first-order valence-electron chi connectivity index (χ1n) is 8.13. The third kappa shape index (κ3) is 4.16. The van der Waals surface area contributed by atoms with E-state index in [1.165, 1.54) is 0 Å². The van der Waals surface area contributed by atoms with Gasteiger partial charge in [0.1, 0.15) is 0 Å². The Morgan fingerprint density at radius 1 is 1.00 bits per heavy atom. The zero-order valence-corrected chi connectivity index (χ0v) is 13.8. The maximum atomic E-state index is 12.9. The Labute approximate surface area is 146 Å². The Kier molecular flexibility index (Phi) is 5.30. The van der Waals surface area contributed by atoms with Crippen LogP contribution >= 0.6 is 0 Å². The molecule has 25 heavy (non-hydrogen) atoms. The van der Waals surface area contributed by atoms with Gasteiger partial charge in [0.25, 0.3) is 5.91 Å². The highest BCUT2D eigenvalue weighted by Gasteiger charge is 2.30. The fourth-order valence-corrected chi connectivity index (χ4v) is 2.63. The van der Waals surface area contributed by atoms with Crippen LogP contribution in [0, 0.1) is 0 Å². The van der Waals surface area contributed by atoms with Crippen LogP contribution in [0.25, 0.3) is 0 Å². The number of esters is 1. The maximum absolute atomic E-state index is 12.9. The topological polar surface area (TPSA) is 81.9 Å². The smallest absolute Gasteiger partial charge is 0.339 e. The summed E-state index contributed by atoms with van der Waals surface area (Å²) < 4.78 is 10.8. The zero-order valence-electron chi connectivity index (χ0n) is 13.8. The first kappa shape index (κ1) is 17.0. The Bertz CT molecular complexity index is 725. The molecular formula is C19H20N2O4. The van der Waals surface area contributed by atoms with Gasteiger partial charge in [-0.2, -0.15) is 0 Å². The number of nitrogens with two attached hydrogens (primary N) is 1. The van der Waals surface area contributed by atoms with E-state index in [0.29, 0.717) is 43.1 Å². The van der Waals surface area contributed by atoms with E-state index in [0.717, 1.165) is 0 Å². The zero-order chi connectivity index (χ0) is 17.6. The second-order valence-corrected chi connectivity index (χ2v) is 5.76. The Balaban J connectivity index is 1.82. The van der Waals surface area contributed by atoms with Crippen LogP contribution in [-0.2, 0) is 14.3 Å². The van der Waals surface area contributed by atoms with Gasteiger partial charge in [-0.25, -0.2) is 4.79 Å². The maximum Gasteiger partial charge on any atom is 0.339 e. The predicted octanol–water partition coefficient (Wildman–Crippen LogP) is 2.03. The van der Waals surface area contributed by atoms with Crippen LogP contribution in [0.2, 0.25) is 0 Å². The van der Waals surface area contributed by atoms with Crippen LogP contribution in [0.3, 0.4) is 0 Å². The average molecular weight is 340 g/mol. The lowest BCUT2D eigenvalue weighted by atomic mass is 10.1. The first-order valence-corrected chi connectivity index (χ1v) is 8.13. The van der Waals surface area contributed by atoms with Crippen molar-refractivity contribution in [2.45, 2.75) is 6.10 Å². The van der Waals surface area contributed by atoms with Crippen molar-refractivity contribution in [3.63, 3.8) is 0 Å². The molecule has 2 N–H and O–H groups in total. The number of morpholine rings is 1. The standard InChI is InChI=1S/C19H20N2O4/c20-16-8-6-15(7-9-16)19(23)25-17(14-4-2-1-3-5-14)18(22)21-10-12-24-13-11-21/h1-9,17H,10-13,20H2. The molecule has 3 rings (SSSR count). The molecule has 1 saturated heterocycles. The minimum atomic E-state index is -0.982. The molecule has 1 atom stereocenters. The molecule has 0 radical (unpaired) electrons. The Hall–Kier alpha value is -2.86. The SMILES string of the molecule is Nc1ccc(C(=O)OC(C(=O)N2CCOCC2)c2ccccc2)cc1. The van der Waals surface area contributed by atoms with E-state index < -0.39 is 12.1 Å². The van der Waals surface area contributed by atoms with Crippen molar-refractivity contribution >= 4 is 17.6 Å². The molecular weight excluding hydrogens is 320 g/mol. The first-order chi connectivity index (χ1) is 12.1. The lowest BCUT2D eigenvalue weighted by Crippen LogP contribution is -2.44. The third-order valence-corrected chi connectivity index (χ3v) is 4.02. The van der Waals surface area contributed by atoms with Gasteiger partial charge in [-0.1, -0.05) is 30.3 Å². The summed E-state index contributed by atoms with van der Waals surface area (Å²) in [5, 5.41) is 0. The van der Waals surface area contributed by atoms with Gasteiger partial charge in [0.05, 0.1) is 18.8 Å². The van der Waals surface area contributed by atoms with E-state index in [1.54, 1.807) is 41.3 Å². The second-order valence-electron chi connectivity index (χ2n) is 5.76. The van der Waals surface area contributed by atoms with Crippen LogP contribution in [-0.4, -0.2) is 43.1 Å².